The van der Waals surface area contributed by atoms with Gasteiger partial charge in [-0.25, -0.2) is 14.5 Å². The van der Waals surface area contributed by atoms with Crippen LogP contribution in [0.2, 0.25) is 0 Å². The van der Waals surface area contributed by atoms with Gasteiger partial charge in [-0.3, -0.25) is 0 Å². The van der Waals surface area contributed by atoms with Gasteiger partial charge in [0.2, 0.25) is 17.1 Å². The minimum atomic E-state index is 0.000845. The van der Waals surface area contributed by atoms with Crippen molar-refractivity contribution in [2.24, 2.45) is 0 Å². The molecule has 15 nitrogen and oxygen atoms in total. The third-order valence-electron chi connectivity index (χ3n) is 26.8. The molecule has 0 N–H and O–H groups in total. The van der Waals surface area contributed by atoms with E-state index in [1.54, 1.807) is 6.07 Å². The van der Waals surface area contributed by atoms with Gasteiger partial charge in [-0.15, -0.1) is 0 Å². The summed E-state index contributed by atoms with van der Waals surface area (Å²) in [6.07, 6.45) is 0. The number of benzene rings is 16. The first-order valence-corrected chi connectivity index (χ1v) is 39.8. The smallest absolute Gasteiger partial charge is 0.266 e. The Morgan fingerprint density at radius 3 is 1.10 bits per heavy atom. The maximum absolute atomic E-state index is 7.87. The summed E-state index contributed by atoms with van der Waals surface area (Å²) < 4.78 is 60.3. The highest BCUT2D eigenvalue weighted by Crippen LogP contribution is 2.52. The molecular weight excluding hydrogens is 1470 g/mol. The van der Waals surface area contributed by atoms with Crippen molar-refractivity contribution in [2.75, 3.05) is 0 Å². The van der Waals surface area contributed by atoms with Crippen molar-refractivity contribution < 1.29 is 37.9 Å². The average Bonchev–Trinajstić information content (AvgIpc) is 1.61. The molecule has 16 heterocycles. The Kier molecular flexibility index (Phi) is 11.3. The van der Waals surface area contributed by atoms with Crippen molar-refractivity contribution in [2.45, 2.75) is 6.92 Å². The van der Waals surface area contributed by atoms with Crippen LogP contribution in [-0.4, -0.2) is 45.1 Å². The SMILES string of the molecule is Cc1cccc2c1c1ccc3c4c1n2-c1cccc2c1B4c1c(cccc1O3)O2.[C-]#[N+]c1cc2c3c4c1c1ccccc1n4-c1cccc4c1B3c1c(cccc1O2)O4.[C-]#[N+]c1cc2c3ccccc3n3c2c2c1Oc1cccc4c1B2c1c(cccc1-3)O4.[C-]#[N+]c1ccc2c3c1Oc1ccc4c5ccccc5n5c4c1B3c1c(cccc1-5)O2. The van der Waals surface area contributed by atoms with Crippen LogP contribution in [0.3, 0.4) is 0 Å². The summed E-state index contributed by atoms with van der Waals surface area (Å²) in [6, 6.07) is 91.2. The van der Waals surface area contributed by atoms with E-state index >= 15 is 0 Å². The monoisotopic (exact) mass is 1520 g/mol. The Balaban J connectivity index is 0.0000000807. The largest absolute Gasteiger partial charge is 0.469 e. The van der Waals surface area contributed by atoms with E-state index in [2.05, 4.69) is 210 Å². The molecule has 542 valence electrons. The van der Waals surface area contributed by atoms with Crippen LogP contribution in [0, 0.1) is 26.6 Å². The lowest BCUT2D eigenvalue weighted by Crippen LogP contribution is -2.60. The first kappa shape index (κ1) is 62.3. The van der Waals surface area contributed by atoms with Gasteiger partial charge in [0, 0.05) is 82.4 Å². The number of ether oxygens (including phenoxy) is 8. The van der Waals surface area contributed by atoms with Gasteiger partial charge in [-0.1, -0.05) is 109 Å². The van der Waals surface area contributed by atoms with Crippen LogP contribution in [-0.2, 0) is 0 Å². The van der Waals surface area contributed by atoms with Gasteiger partial charge in [-0.2, -0.15) is 0 Å². The van der Waals surface area contributed by atoms with Gasteiger partial charge in [0.25, 0.3) is 26.9 Å². The molecule has 32 rings (SSSR count). The van der Waals surface area contributed by atoms with Gasteiger partial charge in [0.15, 0.2) is 0 Å². The Labute approximate surface area is 677 Å². The highest BCUT2D eigenvalue weighted by atomic mass is 16.5. The Bertz CT molecular complexity index is 8560. The van der Waals surface area contributed by atoms with E-state index in [1.807, 2.05) is 91.0 Å². The van der Waals surface area contributed by atoms with Crippen LogP contribution in [0.25, 0.3) is 125 Å². The summed E-state index contributed by atoms with van der Waals surface area (Å²) in [7, 11) is 0. The molecule has 0 amide bonds. The Morgan fingerprint density at radius 2 is 0.571 bits per heavy atom. The lowest BCUT2D eigenvalue weighted by atomic mass is 9.33. The molecule has 20 aromatic rings. The normalized spacial score (nSPS) is 13.9. The van der Waals surface area contributed by atoms with Crippen LogP contribution < -0.4 is 103 Å². The van der Waals surface area contributed by atoms with Crippen LogP contribution in [0.15, 0.2) is 267 Å². The van der Waals surface area contributed by atoms with Gasteiger partial charge >= 0.3 is 0 Å². The molecule has 16 aromatic carbocycles. The molecular formula is C100H47B4N7O8. The van der Waals surface area contributed by atoms with Crippen molar-refractivity contribution in [1.82, 2.24) is 18.3 Å². The molecule has 19 heteroatoms. The zero-order valence-electron chi connectivity index (χ0n) is 62.6. The molecule has 0 spiro atoms. The number of rotatable bonds is 0. The minimum Gasteiger partial charge on any atom is -0.469 e. The summed E-state index contributed by atoms with van der Waals surface area (Å²) in [5.74, 6) is 13.3. The van der Waals surface area contributed by atoms with E-state index in [4.69, 9.17) is 57.6 Å². The number of nitrogens with zero attached hydrogens (tertiary/aromatic N) is 7. The quantitative estimate of drug-likeness (QED) is 0.109. The third-order valence-corrected chi connectivity index (χ3v) is 26.8. The molecule has 4 aromatic heterocycles. The molecule has 0 aliphatic carbocycles. The Hall–Kier alpha value is -16.2. The van der Waals surface area contributed by atoms with Gasteiger partial charge < -0.3 is 56.2 Å². The molecule has 12 aliphatic heterocycles. The highest BCUT2D eigenvalue weighted by Gasteiger charge is 2.52. The zero-order valence-corrected chi connectivity index (χ0v) is 62.6. The first-order valence-electron chi connectivity index (χ1n) is 39.8. The highest BCUT2D eigenvalue weighted by molar-refractivity contribution is 7.03. The second kappa shape index (κ2) is 21.6. The van der Waals surface area contributed by atoms with E-state index < -0.39 is 0 Å². The summed E-state index contributed by atoms with van der Waals surface area (Å²) in [6.45, 7) is 25.7. The first-order chi connectivity index (χ1) is 58.9. The van der Waals surface area contributed by atoms with Crippen molar-refractivity contribution in [3.05, 3.63) is 307 Å². The summed E-state index contributed by atoms with van der Waals surface area (Å²) >= 11 is 0. The molecule has 0 saturated heterocycles. The molecule has 0 atom stereocenters. The second-order valence-corrected chi connectivity index (χ2v) is 32.1. The van der Waals surface area contributed by atoms with Crippen molar-refractivity contribution in [1.29, 1.82) is 0 Å². The number of hydrogen-bond acceptors (Lipinski definition) is 8. The minimum absolute atomic E-state index is 0.000845. The summed E-state index contributed by atoms with van der Waals surface area (Å²) in [5, 5.41) is 9.42. The van der Waals surface area contributed by atoms with Gasteiger partial charge in [-0.05, 0) is 225 Å². The average molecular weight is 1520 g/mol. The van der Waals surface area contributed by atoms with E-state index in [0.29, 0.717) is 28.6 Å². The third kappa shape index (κ3) is 7.42. The maximum Gasteiger partial charge on any atom is 0.266 e. The van der Waals surface area contributed by atoms with Crippen LogP contribution in [0.4, 0.5) is 17.1 Å². The van der Waals surface area contributed by atoms with E-state index in [-0.39, 0.29) is 26.9 Å². The summed E-state index contributed by atoms with van der Waals surface area (Å²) in [5.41, 5.74) is 30.6. The molecule has 0 fully saturated rings. The Morgan fingerprint density at radius 1 is 0.227 bits per heavy atom. The van der Waals surface area contributed by atoms with Gasteiger partial charge in [0.05, 0.1) is 58.3 Å². The fraction of sp³-hybridized carbons (Fsp3) is 0.0100. The van der Waals surface area contributed by atoms with Crippen molar-refractivity contribution in [3.63, 3.8) is 0 Å². The van der Waals surface area contributed by atoms with Crippen LogP contribution in [0.1, 0.15) is 5.56 Å². The molecule has 0 bridgehead atoms. The van der Waals surface area contributed by atoms with Gasteiger partial charge in [0.1, 0.15) is 92.0 Å². The lowest BCUT2D eigenvalue weighted by Gasteiger charge is -2.37. The topological polar surface area (TPSA) is 107 Å². The van der Waals surface area contributed by atoms with E-state index in [1.165, 1.54) is 76.7 Å². The van der Waals surface area contributed by atoms with E-state index in [0.717, 1.165) is 185 Å². The fourth-order valence-corrected chi connectivity index (χ4v) is 22.5. The summed E-state index contributed by atoms with van der Waals surface area (Å²) in [4.78, 5) is 11.5. The van der Waals surface area contributed by atoms with Crippen LogP contribution in [0.5, 0.6) is 92.0 Å². The molecule has 12 aliphatic rings. The molecule has 0 unspecified atom stereocenters. The number of hydrogen-bond donors (Lipinski definition) is 0. The maximum atomic E-state index is 7.87. The predicted molar refractivity (Wildman–Crippen MR) is 472 cm³/mol. The standard InChI is InChI=1S/3C25H11BN2O2.C25H14BNO2/c1-27-14-12-20-24-25-21(14)13-6-2-3-7-15(13)28(25)16-8-4-9-17-22(16)26(24)23-18(29-17)10-5-11-19(23)30-20;1-27-15-12-14-13-6-2-3-7-16(13)28-17-8-4-9-18-21(17)26-22-19(29-18)10-5-11-20(22)30-25(15)23(26)24(14)28;1-27-15-10-12-20-23-25(15)30-19-11-9-14-13-5-2-3-6-16(13)28-17-7-4-8-18(29-20)21(17)26(23)22(19)24(14)28;1-13-5-2-6-15-21(13)14-11-12-20-24-25(14)27(15)16-7-3-8-17-22(16)26(24)23-18(28-17)9-4-10-19(23)29-20/h3*2-12H;2-12H,1H3. The fourth-order valence-electron chi connectivity index (χ4n) is 22.5. The molecule has 0 radical (unpaired) electrons. The van der Waals surface area contributed by atoms with Crippen LogP contribution >= 0.6 is 0 Å². The molecule has 0 saturated carbocycles. The van der Waals surface area contributed by atoms with Crippen molar-refractivity contribution >= 4 is 197 Å². The molecule has 119 heavy (non-hydrogen) atoms. The number of fused-ring (bicyclic) bond motifs is 16. The number of para-hydroxylation sites is 3. The number of aromatic nitrogens is 4. The second-order valence-electron chi connectivity index (χ2n) is 32.1. The number of aryl methyl sites for hydroxylation is 1. The van der Waals surface area contributed by atoms with E-state index in [9.17, 15) is 0 Å². The zero-order chi connectivity index (χ0) is 77.5. The lowest BCUT2D eigenvalue weighted by molar-refractivity contribution is 0.464. The predicted octanol–water partition coefficient (Wildman–Crippen LogP) is 17.3. The van der Waals surface area contributed by atoms with Crippen molar-refractivity contribution in [3.8, 4) is 115 Å².